The molecule has 0 saturated heterocycles. The number of non-ortho nitro benzene ring substituents is 1. The van der Waals surface area contributed by atoms with Crippen LogP contribution in [0.3, 0.4) is 0 Å². The van der Waals surface area contributed by atoms with Crippen molar-refractivity contribution in [3.63, 3.8) is 0 Å². The van der Waals surface area contributed by atoms with Crippen LogP contribution in [0.25, 0.3) is 0 Å². The summed E-state index contributed by atoms with van der Waals surface area (Å²) in [4.78, 5) is 50.7. The highest BCUT2D eigenvalue weighted by molar-refractivity contribution is 6.06. The van der Waals surface area contributed by atoms with Gasteiger partial charge in [0.1, 0.15) is 5.75 Å². The van der Waals surface area contributed by atoms with Crippen molar-refractivity contribution in [3.05, 3.63) is 90.8 Å². The molecule has 10 heteroatoms. The first kappa shape index (κ1) is 27.2. The van der Waals surface area contributed by atoms with Crippen molar-refractivity contribution in [2.24, 2.45) is 10.8 Å². The molecule has 5 rings (SSSR count). The molecule has 3 aliphatic rings. The van der Waals surface area contributed by atoms with Gasteiger partial charge in [0.15, 0.2) is 11.6 Å². The van der Waals surface area contributed by atoms with Crippen molar-refractivity contribution in [1.82, 2.24) is 4.90 Å². The molecule has 2 aromatic rings. The molecule has 1 aliphatic heterocycles. The van der Waals surface area contributed by atoms with Crippen LogP contribution in [-0.2, 0) is 9.59 Å². The Morgan fingerprint density at radius 2 is 1.40 bits per heavy atom. The summed E-state index contributed by atoms with van der Waals surface area (Å²) in [5.74, 6) is -0.468. The third-order valence-electron chi connectivity index (χ3n) is 7.95. The zero-order chi connectivity index (χ0) is 29.1. The minimum Gasteiger partial charge on any atom is -0.450 e. The van der Waals surface area contributed by atoms with E-state index in [1.807, 2.05) is 13.1 Å². The molecule has 0 amide bonds. The highest BCUT2D eigenvalue weighted by Gasteiger charge is 2.48. The summed E-state index contributed by atoms with van der Waals surface area (Å²) < 4.78 is 5.87. The van der Waals surface area contributed by atoms with Crippen LogP contribution >= 0.6 is 0 Å². The molecule has 10 nitrogen and oxygen atoms in total. The van der Waals surface area contributed by atoms with Gasteiger partial charge in [-0.05, 0) is 47.4 Å². The van der Waals surface area contributed by atoms with E-state index in [9.17, 15) is 29.8 Å². The minimum absolute atomic E-state index is 0.00427. The molecule has 40 heavy (non-hydrogen) atoms. The SMILES string of the molecule is CN1C2=C(C(=O)CC(C)(C)C2)C(c2cccc(Oc3ccc([N+](=O)[O-])cc3[N+](=O)[O-])c2)C2=C1CC(C)(C)CC2=O. The number of carbonyl (C=O) groups excluding carboxylic acids is 2. The van der Waals surface area contributed by atoms with Crippen molar-refractivity contribution < 1.29 is 24.2 Å². The van der Waals surface area contributed by atoms with Gasteiger partial charge in [-0.1, -0.05) is 39.8 Å². The van der Waals surface area contributed by atoms with Gasteiger partial charge >= 0.3 is 5.69 Å². The number of nitro benzene ring substituents is 2. The summed E-state index contributed by atoms with van der Waals surface area (Å²) in [6, 6.07) is 10.1. The summed E-state index contributed by atoms with van der Waals surface area (Å²) >= 11 is 0. The Balaban J connectivity index is 1.63. The van der Waals surface area contributed by atoms with Crippen molar-refractivity contribution in [2.45, 2.75) is 59.3 Å². The number of nitrogens with zero attached hydrogens (tertiary/aromatic N) is 3. The molecule has 2 aliphatic carbocycles. The molecular formula is C30H31N3O7. The molecule has 0 spiro atoms. The first-order valence-electron chi connectivity index (χ1n) is 13.1. The van der Waals surface area contributed by atoms with Gasteiger partial charge in [-0.25, -0.2) is 0 Å². The van der Waals surface area contributed by atoms with E-state index >= 15 is 0 Å². The highest BCUT2D eigenvalue weighted by atomic mass is 16.6. The van der Waals surface area contributed by atoms with E-state index in [0.29, 0.717) is 42.4 Å². The van der Waals surface area contributed by atoms with Crippen LogP contribution in [-0.4, -0.2) is 33.4 Å². The van der Waals surface area contributed by atoms with Gasteiger partial charge in [-0.3, -0.25) is 29.8 Å². The summed E-state index contributed by atoms with van der Waals surface area (Å²) in [5, 5.41) is 22.8. The van der Waals surface area contributed by atoms with Crippen LogP contribution in [0.4, 0.5) is 11.4 Å². The number of nitro groups is 2. The lowest BCUT2D eigenvalue weighted by Crippen LogP contribution is -2.43. The second-order valence-corrected chi connectivity index (χ2v) is 12.4. The normalized spacial score (nSPS) is 20.3. The topological polar surface area (TPSA) is 133 Å². The number of ether oxygens (including phenoxy) is 1. The van der Waals surface area contributed by atoms with Crippen molar-refractivity contribution in [2.75, 3.05) is 7.05 Å². The lowest BCUT2D eigenvalue weighted by molar-refractivity contribution is -0.394. The van der Waals surface area contributed by atoms with E-state index < -0.39 is 27.1 Å². The summed E-state index contributed by atoms with van der Waals surface area (Å²) in [5.41, 5.74) is 2.36. The van der Waals surface area contributed by atoms with Crippen molar-refractivity contribution in [3.8, 4) is 11.5 Å². The van der Waals surface area contributed by atoms with Crippen LogP contribution in [0.1, 0.15) is 64.9 Å². The molecule has 0 fully saturated rings. The van der Waals surface area contributed by atoms with Crippen LogP contribution in [0, 0.1) is 31.1 Å². The molecule has 0 saturated carbocycles. The summed E-state index contributed by atoms with van der Waals surface area (Å²) in [6.45, 7) is 8.29. The predicted molar refractivity (Wildman–Crippen MR) is 147 cm³/mol. The Labute approximate surface area is 231 Å². The average Bonchev–Trinajstić information content (AvgIpc) is 2.84. The zero-order valence-electron chi connectivity index (χ0n) is 23.1. The van der Waals surface area contributed by atoms with Gasteiger partial charge in [0.25, 0.3) is 5.69 Å². The lowest BCUT2D eigenvalue weighted by atomic mass is 9.64. The van der Waals surface area contributed by atoms with Gasteiger partial charge in [0, 0.05) is 54.4 Å². The maximum Gasteiger partial charge on any atom is 0.318 e. The maximum absolute atomic E-state index is 13.7. The van der Waals surface area contributed by atoms with E-state index in [-0.39, 0.29) is 33.9 Å². The monoisotopic (exact) mass is 545 g/mol. The molecule has 0 radical (unpaired) electrons. The molecule has 0 unspecified atom stereocenters. The first-order chi connectivity index (χ1) is 18.7. The van der Waals surface area contributed by atoms with E-state index in [1.165, 1.54) is 6.07 Å². The Kier molecular flexibility index (Phi) is 6.40. The van der Waals surface area contributed by atoms with E-state index in [0.717, 1.165) is 23.5 Å². The number of hydrogen-bond acceptors (Lipinski definition) is 8. The first-order valence-corrected chi connectivity index (χ1v) is 13.1. The van der Waals surface area contributed by atoms with Crippen molar-refractivity contribution in [1.29, 1.82) is 0 Å². The zero-order valence-corrected chi connectivity index (χ0v) is 23.1. The maximum atomic E-state index is 13.7. The molecule has 1 heterocycles. The Bertz CT molecular complexity index is 1500. The van der Waals surface area contributed by atoms with E-state index in [1.54, 1.807) is 18.2 Å². The Morgan fingerprint density at radius 3 is 1.93 bits per heavy atom. The standard InChI is InChI=1S/C30H31N3O7/c1-29(2)13-21-27(23(34)15-29)26(28-22(31(21)5)14-30(3,4)16-24(28)35)17-7-6-8-19(11-17)40-25-10-9-18(32(36)37)12-20(25)33(38)39/h6-12,26H,13-16H2,1-5H3. The fraction of sp³-hybridized carbons (Fsp3) is 0.400. The third kappa shape index (κ3) is 4.78. The van der Waals surface area contributed by atoms with E-state index in [4.69, 9.17) is 4.74 Å². The summed E-state index contributed by atoms with van der Waals surface area (Å²) in [6.07, 6.45) is 2.11. The predicted octanol–water partition coefficient (Wildman–Crippen LogP) is 6.61. The highest BCUT2D eigenvalue weighted by Crippen LogP contribution is 2.54. The third-order valence-corrected chi connectivity index (χ3v) is 7.95. The van der Waals surface area contributed by atoms with Crippen molar-refractivity contribution >= 4 is 22.9 Å². The molecule has 0 bridgehead atoms. The lowest BCUT2D eigenvalue weighted by Gasteiger charge is -2.47. The molecule has 2 aromatic carbocycles. The number of carbonyl (C=O) groups is 2. The molecule has 0 aromatic heterocycles. The molecular weight excluding hydrogens is 514 g/mol. The Hall–Kier alpha value is -4.34. The number of allylic oxidation sites excluding steroid dienone is 4. The van der Waals surface area contributed by atoms with Gasteiger partial charge < -0.3 is 9.64 Å². The fourth-order valence-corrected chi connectivity index (χ4v) is 6.23. The number of Topliss-reactive ketones (excluding diaryl/α,β-unsaturated/α-hetero) is 2. The number of hydrogen-bond donors (Lipinski definition) is 0. The molecule has 0 atom stereocenters. The number of benzene rings is 2. The van der Waals surface area contributed by atoms with Crippen LogP contribution in [0.2, 0.25) is 0 Å². The number of ketones is 2. The van der Waals surface area contributed by atoms with Crippen LogP contribution < -0.4 is 4.74 Å². The number of rotatable bonds is 5. The smallest absolute Gasteiger partial charge is 0.318 e. The van der Waals surface area contributed by atoms with E-state index in [2.05, 4.69) is 32.6 Å². The fourth-order valence-electron chi connectivity index (χ4n) is 6.23. The van der Waals surface area contributed by atoms with Gasteiger partial charge in [0.2, 0.25) is 5.75 Å². The second kappa shape index (κ2) is 9.39. The van der Waals surface area contributed by atoms with Gasteiger partial charge in [-0.2, -0.15) is 0 Å². The summed E-state index contributed by atoms with van der Waals surface area (Å²) in [7, 11) is 1.94. The second-order valence-electron chi connectivity index (χ2n) is 12.4. The van der Waals surface area contributed by atoms with Crippen LogP contribution in [0.5, 0.6) is 11.5 Å². The average molecular weight is 546 g/mol. The van der Waals surface area contributed by atoms with Crippen LogP contribution in [0.15, 0.2) is 65.0 Å². The van der Waals surface area contributed by atoms with Gasteiger partial charge in [-0.15, -0.1) is 0 Å². The van der Waals surface area contributed by atoms with Gasteiger partial charge in [0.05, 0.1) is 15.9 Å². The minimum atomic E-state index is -0.734. The Morgan fingerprint density at radius 1 is 0.825 bits per heavy atom. The largest absolute Gasteiger partial charge is 0.450 e. The quantitative estimate of drug-likeness (QED) is 0.303. The molecule has 0 N–H and O–H groups in total. The molecule has 208 valence electrons.